The van der Waals surface area contributed by atoms with Gasteiger partial charge in [-0.1, -0.05) is 27.6 Å². The van der Waals surface area contributed by atoms with Gasteiger partial charge in [-0.3, -0.25) is 0 Å². The SMILES string of the molecule is Cc1ccc2c(c1)C(Br)=CCO2. The van der Waals surface area contributed by atoms with Gasteiger partial charge in [0.25, 0.3) is 0 Å². The van der Waals surface area contributed by atoms with Crippen molar-refractivity contribution in [2.24, 2.45) is 0 Å². The monoisotopic (exact) mass is 224 g/mol. The summed E-state index contributed by atoms with van der Waals surface area (Å²) in [6, 6.07) is 6.19. The highest BCUT2D eigenvalue weighted by Gasteiger charge is 2.10. The molecule has 0 aromatic heterocycles. The van der Waals surface area contributed by atoms with Gasteiger partial charge in [-0.25, -0.2) is 0 Å². The van der Waals surface area contributed by atoms with Gasteiger partial charge in [-0.05, 0) is 25.1 Å². The van der Waals surface area contributed by atoms with Gasteiger partial charge in [-0.2, -0.15) is 0 Å². The van der Waals surface area contributed by atoms with Crippen LogP contribution in [0.3, 0.4) is 0 Å². The molecule has 2 rings (SSSR count). The first-order chi connectivity index (χ1) is 5.77. The summed E-state index contributed by atoms with van der Waals surface area (Å²) < 4.78 is 6.57. The zero-order chi connectivity index (χ0) is 8.55. The maximum Gasteiger partial charge on any atom is 0.128 e. The van der Waals surface area contributed by atoms with Crippen LogP contribution in [0.15, 0.2) is 24.3 Å². The van der Waals surface area contributed by atoms with Crippen molar-refractivity contribution >= 4 is 20.4 Å². The first kappa shape index (κ1) is 7.87. The molecule has 0 spiro atoms. The number of benzene rings is 1. The highest BCUT2D eigenvalue weighted by molar-refractivity contribution is 9.15. The van der Waals surface area contributed by atoms with Crippen LogP contribution in [0.5, 0.6) is 5.75 Å². The maximum absolute atomic E-state index is 5.44. The van der Waals surface area contributed by atoms with E-state index in [4.69, 9.17) is 4.74 Å². The van der Waals surface area contributed by atoms with Crippen LogP contribution >= 0.6 is 15.9 Å². The van der Waals surface area contributed by atoms with Crippen LogP contribution < -0.4 is 4.74 Å². The Balaban J connectivity index is 2.58. The van der Waals surface area contributed by atoms with Crippen molar-refractivity contribution < 1.29 is 4.74 Å². The van der Waals surface area contributed by atoms with Crippen molar-refractivity contribution in [3.63, 3.8) is 0 Å². The summed E-state index contributed by atoms with van der Waals surface area (Å²) in [6.45, 7) is 2.74. The quantitative estimate of drug-likeness (QED) is 0.659. The summed E-state index contributed by atoms with van der Waals surface area (Å²) >= 11 is 3.50. The molecule has 1 aliphatic rings. The van der Waals surface area contributed by atoms with Crippen LogP contribution in [0, 0.1) is 6.92 Å². The number of hydrogen-bond donors (Lipinski definition) is 0. The molecule has 0 unspecified atom stereocenters. The molecule has 0 amide bonds. The lowest BCUT2D eigenvalue weighted by atomic mass is 10.1. The van der Waals surface area contributed by atoms with E-state index in [0.717, 1.165) is 15.8 Å². The Morgan fingerprint density at radius 3 is 3.08 bits per heavy atom. The third kappa shape index (κ3) is 1.27. The molecule has 62 valence electrons. The molecule has 0 fully saturated rings. The third-order valence-electron chi connectivity index (χ3n) is 1.89. The standard InChI is InChI=1S/C10H9BrO/c1-7-2-3-10-8(6-7)9(11)4-5-12-10/h2-4,6H,5H2,1H3. The molecule has 0 saturated heterocycles. The van der Waals surface area contributed by atoms with Gasteiger partial charge < -0.3 is 4.74 Å². The predicted octanol–water partition coefficient (Wildman–Crippen LogP) is 3.12. The zero-order valence-corrected chi connectivity index (χ0v) is 8.39. The summed E-state index contributed by atoms with van der Waals surface area (Å²) in [4.78, 5) is 0. The van der Waals surface area contributed by atoms with Crippen LogP contribution in [-0.4, -0.2) is 6.61 Å². The van der Waals surface area contributed by atoms with E-state index in [1.165, 1.54) is 5.56 Å². The molecule has 2 heteroatoms. The first-order valence-corrected chi connectivity index (χ1v) is 4.66. The van der Waals surface area contributed by atoms with E-state index in [0.29, 0.717) is 6.61 Å². The molecular weight excluding hydrogens is 216 g/mol. The molecule has 1 aromatic rings. The van der Waals surface area contributed by atoms with Gasteiger partial charge in [-0.15, -0.1) is 0 Å². The minimum absolute atomic E-state index is 0.663. The lowest BCUT2D eigenvalue weighted by molar-refractivity contribution is 0.358. The van der Waals surface area contributed by atoms with Crippen molar-refractivity contribution in [1.82, 2.24) is 0 Å². The molecule has 0 N–H and O–H groups in total. The topological polar surface area (TPSA) is 9.23 Å². The Morgan fingerprint density at radius 2 is 2.25 bits per heavy atom. The van der Waals surface area contributed by atoms with Crippen molar-refractivity contribution in [1.29, 1.82) is 0 Å². The molecule has 1 aliphatic heterocycles. The summed E-state index contributed by atoms with van der Waals surface area (Å²) in [5.74, 6) is 0.968. The smallest absolute Gasteiger partial charge is 0.128 e. The van der Waals surface area contributed by atoms with E-state index >= 15 is 0 Å². The van der Waals surface area contributed by atoms with E-state index < -0.39 is 0 Å². The van der Waals surface area contributed by atoms with E-state index in [1.54, 1.807) is 0 Å². The minimum Gasteiger partial charge on any atom is -0.489 e. The van der Waals surface area contributed by atoms with Crippen LogP contribution in [0.25, 0.3) is 4.48 Å². The molecule has 0 saturated carbocycles. The Hall–Kier alpha value is -0.760. The van der Waals surface area contributed by atoms with E-state index in [9.17, 15) is 0 Å². The second kappa shape index (κ2) is 2.94. The van der Waals surface area contributed by atoms with E-state index in [2.05, 4.69) is 35.0 Å². The largest absolute Gasteiger partial charge is 0.489 e. The second-order valence-electron chi connectivity index (χ2n) is 2.86. The molecule has 0 atom stereocenters. The number of ether oxygens (including phenoxy) is 1. The lowest BCUT2D eigenvalue weighted by Gasteiger charge is -2.15. The molecule has 1 heterocycles. The van der Waals surface area contributed by atoms with Crippen LogP contribution in [0.2, 0.25) is 0 Å². The fourth-order valence-corrected chi connectivity index (χ4v) is 1.71. The first-order valence-electron chi connectivity index (χ1n) is 3.87. The van der Waals surface area contributed by atoms with Gasteiger partial charge in [0.2, 0.25) is 0 Å². The van der Waals surface area contributed by atoms with E-state index in [-0.39, 0.29) is 0 Å². The Bertz CT molecular complexity index is 342. The van der Waals surface area contributed by atoms with E-state index in [1.807, 2.05) is 12.1 Å². The molecular formula is C10H9BrO. The molecule has 1 nitrogen and oxygen atoms in total. The summed E-state index contributed by atoms with van der Waals surface area (Å²) in [7, 11) is 0. The average Bonchev–Trinajstić information content (AvgIpc) is 2.07. The van der Waals surface area contributed by atoms with Gasteiger partial charge in [0.05, 0.1) is 0 Å². The highest BCUT2D eigenvalue weighted by atomic mass is 79.9. The number of aryl methyl sites for hydroxylation is 1. The number of hydrogen-bond acceptors (Lipinski definition) is 1. The zero-order valence-electron chi connectivity index (χ0n) is 6.80. The number of rotatable bonds is 0. The van der Waals surface area contributed by atoms with Crippen molar-refractivity contribution in [2.45, 2.75) is 6.92 Å². The second-order valence-corrected chi connectivity index (χ2v) is 3.72. The molecule has 0 radical (unpaired) electrons. The third-order valence-corrected chi connectivity index (χ3v) is 2.64. The maximum atomic E-state index is 5.44. The van der Waals surface area contributed by atoms with Gasteiger partial charge in [0.15, 0.2) is 0 Å². The average molecular weight is 225 g/mol. The normalized spacial score (nSPS) is 14.7. The molecule has 0 aliphatic carbocycles. The van der Waals surface area contributed by atoms with Crippen molar-refractivity contribution in [3.05, 3.63) is 35.4 Å². The van der Waals surface area contributed by atoms with Crippen LogP contribution in [0.4, 0.5) is 0 Å². The number of halogens is 1. The predicted molar refractivity (Wildman–Crippen MR) is 53.6 cm³/mol. The molecule has 1 aromatic carbocycles. The van der Waals surface area contributed by atoms with Crippen LogP contribution in [-0.2, 0) is 0 Å². The van der Waals surface area contributed by atoms with Crippen molar-refractivity contribution in [3.8, 4) is 5.75 Å². The van der Waals surface area contributed by atoms with Gasteiger partial charge >= 0.3 is 0 Å². The van der Waals surface area contributed by atoms with Gasteiger partial charge in [0, 0.05) is 10.0 Å². The summed E-state index contributed by atoms with van der Waals surface area (Å²) in [6.07, 6.45) is 2.03. The Kier molecular flexibility index (Phi) is 1.93. The van der Waals surface area contributed by atoms with Crippen molar-refractivity contribution in [2.75, 3.05) is 6.61 Å². The molecule has 0 bridgehead atoms. The van der Waals surface area contributed by atoms with Gasteiger partial charge in [0.1, 0.15) is 12.4 Å². The highest BCUT2D eigenvalue weighted by Crippen LogP contribution is 2.33. The summed E-state index contributed by atoms with van der Waals surface area (Å²) in [5, 5.41) is 0. The molecule has 12 heavy (non-hydrogen) atoms. The minimum atomic E-state index is 0.663. The lowest BCUT2D eigenvalue weighted by Crippen LogP contribution is -2.02. The Labute approximate surface area is 80.2 Å². The van der Waals surface area contributed by atoms with Crippen LogP contribution in [0.1, 0.15) is 11.1 Å². The number of fused-ring (bicyclic) bond motifs is 1. The summed E-state index contributed by atoms with van der Waals surface area (Å²) in [5.41, 5.74) is 2.41. The Morgan fingerprint density at radius 1 is 1.42 bits per heavy atom. The fourth-order valence-electron chi connectivity index (χ4n) is 1.27. The fraction of sp³-hybridized carbons (Fsp3) is 0.200.